The summed E-state index contributed by atoms with van der Waals surface area (Å²) in [6.07, 6.45) is 1.62. The Morgan fingerprint density at radius 2 is 2.11 bits per heavy atom. The van der Waals surface area contributed by atoms with E-state index < -0.39 is 6.10 Å². The predicted octanol–water partition coefficient (Wildman–Crippen LogP) is 3.87. The number of carbonyl (C=O) groups is 2. The normalized spacial score (nSPS) is 20.0. The lowest BCUT2D eigenvalue weighted by molar-refractivity contribution is -0.138. The Morgan fingerprint density at radius 3 is 2.80 bits per heavy atom. The van der Waals surface area contributed by atoms with E-state index in [1.165, 1.54) is 0 Å². The summed E-state index contributed by atoms with van der Waals surface area (Å²) >= 11 is 8.07. The maximum Gasteiger partial charge on any atom is 0.410 e. The van der Waals surface area contributed by atoms with Crippen LogP contribution in [0.4, 0.5) is 10.5 Å². The molecule has 0 radical (unpaired) electrons. The lowest BCUT2D eigenvalue weighted by Gasteiger charge is -2.29. The SMILES string of the molecule is C=Nc1cc(CN2CCOC2=O)sc1/C(=C\C)c1cc(Cl)cc2c1O[C@@H](C(=O)N1CCNCC1)C2. The van der Waals surface area contributed by atoms with Crippen LogP contribution in [0.2, 0.25) is 5.02 Å². The highest BCUT2D eigenvalue weighted by Gasteiger charge is 2.35. The summed E-state index contributed by atoms with van der Waals surface area (Å²) in [5.41, 5.74) is 3.38. The number of thiophene rings is 1. The average Bonchev–Trinajstić information content (AvgIpc) is 3.58. The lowest BCUT2D eigenvalue weighted by atomic mass is 9.98. The smallest absolute Gasteiger partial charge is 0.410 e. The van der Waals surface area contributed by atoms with Gasteiger partial charge in [-0.15, -0.1) is 11.3 Å². The number of benzene rings is 1. The zero-order chi connectivity index (χ0) is 24.5. The molecule has 0 bridgehead atoms. The van der Waals surface area contributed by atoms with E-state index in [-0.39, 0.29) is 12.0 Å². The molecule has 10 heteroatoms. The van der Waals surface area contributed by atoms with Crippen LogP contribution in [0.3, 0.4) is 0 Å². The van der Waals surface area contributed by atoms with Crippen molar-refractivity contribution in [3.05, 3.63) is 50.2 Å². The molecule has 1 aromatic carbocycles. The Hall–Kier alpha value is -2.88. The van der Waals surface area contributed by atoms with Crippen LogP contribution < -0.4 is 10.1 Å². The first kappa shape index (κ1) is 23.8. The van der Waals surface area contributed by atoms with E-state index in [2.05, 4.69) is 17.0 Å². The first-order chi connectivity index (χ1) is 17.0. The van der Waals surface area contributed by atoms with Gasteiger partial charge in [-0.05, 0) is 31.8 Å². The maximum absolute atomic E-state index is 13.1. The summed E-state index contributed by atoms with van der Waals surface area (Å²) in [5, 5.41) is 3.86. The molecule has 1 N–H and O–H groups in total. The van der Waals surface area contributed by atoms with Gasteiger partial charge in [0.15, 0.2) is 6.10 Å². The molecule has 0 saturated carbocycles. The summed E-state index contributed by atoms with van der Waals surface area (Å²) in [6.45, 7) is 10.1. The molecule has 35 heavy (non-hydrogen) atoms. The lowest BCUT2D eigenvalue weighted by Crippen LogP contribution is -2.50. The van der Waals surface area contributed by atoms with Crippen molar-refractivity contribution in [2.45, 2.75) is 26.0 Å². The van der Waals surface area contributed by atoms with Crippen LogP contribution in [0.1, 0.15) is 27.8 Å². The van der Waals surface area contributed by atoms with E-state index in [4.69, 9.17) is 21.1 Å². The fourth-order valence-electron chi connectivity index (χ4n) is 4.74. The summed E-state index contributed by atoms with van der Waals surface area (Å²) in [7, 11) is 0. The van der Waals surface area contributed by atoms with Gasteiger partial charge in [0, 0.05) is 59.2 Å². The molecular formula is C25H27ClN4O4S. The monoisotopic (exact) mass is 514 g/mol. The number of hydrogen-bond acceptors (Lipinski definition) is 7. The average molecular weight is 515 g/mol. The fraction of sp³-hybridized carbons (Fsp3) is 0.400. The molecule has 2 saturated heterocycles. The molecule has 184 valence electrons. The number of allylic oxidation sites excluding steroid dienone is 1. The highest BCUT2D eigenvalue weighted by Crippen LogP contribution is 2.45. The number of aliphatic imine (C=N–C) groups is 1. The largest absolute Gasteiger partial charge is 0.479 e. The van der Waals surface area contributed by atoms with Gasteiger partial charge < -0.3 is 19.7 Å². The zero-order valence-corrected chi connectivity index (χ0v) is 21.1. The fourth-order valence-corrected chi connectivity index (χ4v) is 6.20. The van der Waals surface area contributed by atoms with Crippen molar-refractivity contribution in [1.29, 1.82) is 0 Å². The van der Waals surface area contributed by atoms with Crippen LogP contribution in [0.25, 0.3) is 5.57 Å². The molecule has 0 spiro atoms. The number of nitrogens with one attached hydrogen (secondary N) is 1. The minimum atomic E-state index is -0.560. The van der Waals surface area contributed by atoms with Crippen LogP contribution in [0, 0.1) is 0 Å². The highest BCUT2D eigenvalue weighted by atomic mass is 35.5. The molecule has 1 atom stereocenters. The quantitative estimate of drug-likeness (QED) is 0.592. The van der Waals surface area contributed by atoms with Crippen LogP contribution in [-0.2, 0) is 22.5 Å². The second-order valence-electron chi connectivity index (χ2n) is 8.65. The van der Waals surface area contributed by atoms with Crippen molar-refractivity contribution in [2.75, 3.05) is 39.3 Å². The third-order valence-corrected chi connectivity index (χ3v) is 7.81. The van der Waals surface area contributed by atoms with E-state index in [1.54, 1.807) is 16.2 Å². The minimum Gasteiger partial charge on any atom is -0.479 e. The topological polar surface area (TPSA) is 83.5 Å². The Labute approximate surface area is 213 Å². The van der Waals surface area contributed by atoms with Crippen molar-refractivity contribution in [3.8, 4) is 5.75 Å². The number of fused-ring (bicyclic) bond motifs is 1. The van der Waals surface area contributed by atoms with E-state index >= 15 is 0 Å². The third kappa shape index (κ3) is 4.68. The van der Waals surface area contributed by atoms with Crippen molar-refractivity contribution in [2.24, 2.45) is 4.99 Å². The summed E-state index contributed by atoms with van der Waals surface area (Å²) < 4.78 is 11.3. The van der Waals surface area contributed by atoms with E-state index in [0.717, 1.165) is 45.2 Å². The minimum absolute atomic E-state index is 0.0103. The molecule has 4 heterocycles. The summed E-state index contributed by atoms with van der Waals surface area (Å²) in [4.78, 5) is 34.7. The van der Waals surface area contributed by atoms with E-state index in [1.807, 2.05) is 36.1 Å². The van der Waals surface area contributed by atoms with Crippen molar-refractivity contribution in [3.63, 3.8) is 0 Å². The van der Waals surface area contributed by atoms with Crippen LogP contribution in [0.5, 0.6) is 5.75 Å². The van der Waals surface area contributed by atoms with Gasteiger partial charge in [-0.1, -0.05) is 17.7 Å². The maximum atomic E-state index is 13.1. The molecule has 3 aliphatic rings. The third-order valence-electron chi connectivity index (χ3n) is 6.45. The van der Waals surface area contributed by atoms with Gasteiger partial charge in [0.1, 0.15) is 12.4 Å². The molecular weight excluding hydrogens is 488 g/mol. The number of carbonyl (C=O) groups excluding carboxylic acids is 2. The second-order valence-corrected chi connectivity index (χ2v) is 10.2. The van der Waals surface area contributed by atoms with Gasteiger partial charge in [0.25, 0.3) is 5.91 Å². The molecule has 3 aliphatic heterocycles. The van der Waals surface area contributed by atoms with Crippen molar-refractivity contribution >= 4 is 52.9 Å². The Bertz CT molecular complexity index is 1200. The molecule has 0 unspecified atom stereocenters. The molecule has 1 aromatic heterocycles. The van der Waals surface area contributed by atoms with Crippen LogP contribution >= 0.6 is 22.9 Å². The number of rotatable bonds is 6. The molecule has 2 fully saturated rings. The molecule has 5 rings (SSSR count). The Balaban J connectivity index is 1.45. The first-order valence-corrected chi connectivity index (χ1v) is 12.8. The number of piperazine rings is 1. The van der Waals surface area contributed by atoms with Gasteiger partial charge in [0.2, 0.25) is 0 Å². The Morgan fingerprint density at radius 1 is 1.31 bits per heavy atom. The number of cyclic esters (lactones) is 1. The first-order valence-electron chi connectivity index (χ1n) is 11.6. The zero-order valence-electron chi connectivity index (χ0n) is 19.5. The molecule has 2 aromatic rings. The Kier molecular flexibility index (Phi) is 6.82. The number of hydrogen-bond donors (Lipinski definition) is 1. The molecule has 0 aliphatic carbocycles. The van der Waals surface area contributed by atoms with E-state index in [0.29, 0.717) is 50.0 Å². The predicted molar refractivity (Wildman–Crippen MR) is 137 cm³/mol. The van der Waals surface area contributed by atoms with Gasteiger partial charge in [0.05, 0.1) is 23.7 Å². The van der Waals surface area contributed by atoms with Gasteiger partial charge in [-0.3, -0.25) is 14.7 Å². The van der Waals surface area contributed by atoms with Gasteiger partial charge in [-0.25, -0.2) is 4.79 Å². The van der Waals surface area contributed by atoms with Crippen molar-refractivity contribution < 1.29 is 19.1 Å². The number of amides is 2. The summed E-state index contributed by atoms with van der Waals surface area (Å²) in [5.74, 6) is 0.695. The second kappa shape index (κ2) is 10.0. The van der Waals surface area contributed by atoms with E-state index in [9.17, 15) is 9.59 Å². The van der Waals surface area contributed by atoms with Crippen molar-refractivity contribution in [1.82, 2.24) is 15.1 Å². The standard InChI is InChI=1S/C25H27ClN4O4S/c1-3-18(23-20(27-2)13-17(35-23)14-30-8-9-33-25(30)32)19-12-16(26)10-15-11-21(34-22(15)19)24(31)29-6-4-28-5-7-29/h3,10,12-13,21,28H,2,4-9,11,14H2,1H3/b18-3-/t21-/m1/s1. The van der Waals surface area contributed by atoms with Gasteiger partial charge >= 0.3 is 6.09 Å². The molecule has 8 nitrogen and oxygen atoms in total. The van der Waals surface area contributed by atoms with Gasteiger partial charge in [-0.2, -0.15) is 0 Å². The highest BCUT2D eigenvalue weighted by molar-refractivity contribution is 7.13. The summed E-state index contributed by atoms with van der Waals surface area (Å²) in [6, 6.07) is 5.70. The van der Waals surface area contributed by atoms with Crippen LogP contribution in [0.15, 0.2) is 29.3 Å². The van der Waals surface area contributed by atoms with Crippen LogP contribution in [-0.4, -0.2) is 74.0 Å². The number of ether oxygens (including phenoxy) is 2. The number of halogens is 1. The number of nitrogens with zero attached hydrogens (tertiary/aromatic N) is 3. The molecule has 2 amide bonds.